The molecule has 34 heavy (non-hydrogen) atoms. The first-order valence-electron chi connectivity index (χ1n) is 11.5. The van der Waals surface area contributed by atoms with E-state index in [0.29, 0.717) is 12.4 Å². The maximum Gasteiger partial charge on any atom is 0.162 e. The fourth-order valence-corrected chi connectivity index (χ4v) is 4.63. The van der Waals surface area contributed by atoms with Crippen molar-refractivity contribution >= 4 is 38.9 Å². The minimum absolute atomic E-state index is 0.659. The summed E-state index contributed by atoms with van der Waals surface area (Å²) in [5.41, 5.74) is 2.70. The lowest BCUT2D eigenvalue weighted by Crippen LogP contribution is -2.37. The summed E-state index contributed by atoms with van der Waals surface area (Å²) in [4.78, 5) is 16.4. The second-order valence-corrected chi connectivity index (χ2v) is 8.94. The average molecular weight is 477 g/mol. The van der Waals surface area contributed by atoms with Crippen molar-refractivity contribution < 1.29 is 9.47 Å². The van der Waals surface area contributed by atoms with Crippen LogP contribution >= 0.6 is 11.3 Å². The summed E-state index contributed by atoms with van der Waals surface area (Å²) >= 11 is 1.62. The van der Waals surface area contributed by atoms with Gasteiger partial charge in [0.15, 0.2) is 11.6 Å². The van der Waals surface area contributed by atoms with Crippen LogP contribution in [0, 0.1) is 0 Å². The third-order valence-electron chi connectivity index (χ3n) is 5.67. The van der Waals surface area contributed by atoms with Crippen molar-refractivity contribution in [3.63, 3.8) is 0 Å². The van der Waals surface area contributed by atoms with Crippen LogP contribution in [0.25, 0.3) is 21.6 Å². The molecule has 4 aromatic rings. The molecule has 0 saturated carbocycles. The Bertz CT molecular complexity index is 1220. The minimum Gasteiger partial charge on any atom is -0.494 e. The van der Waals surface area contributed by atoms with Crippen LogP contribution in [0.1, 0.15) is 6.42 Å². The van der Waals surface area contributed by atoms with Gasteiger partial charge in [-0.2, -0.15) is 0 Å². The third kappa shape index (κ3) is 5.44. The second kappa shape index (κ2) is 10.8. The Morgan fingerprint density at radius 2 is 2.03 bits per heavy atom. The molecule has 1 aliphatic rings. The zero-order valence-corrected chi connectivity index (χ0v) is 20.0. The molecule has 3 aromatic heterocycles. The summed E-state index contributed by atoms with van der Waals surface area (Å²) in [6.07, 6.45) is 2.77. The zero-order valence-electron chi connectivity index (χ0n) is 19.2. The molecule has 0 radical (unpaired) electrons. The van der Waals surface area contributed by atoms with Crippen molar-refractivity contribution in [2.75, 3.05) is 57.1 Å². The molecule has 0 spiro atoms. The van der Waals surface area contributed by atoms with Crippen LogP contribution in [0.3, 0.4) is 0 Å². The maximum absolute atomic E-state index is 6.04. The molecule has 0 unspecified atom stereocenters. The highest BCUT2D eigenvalue weighted by atomic mass is 32.1. The number of nitrogens with one attached hydrogen (secondary N) is 2. The van der Waals surface area contributed by atoms with Gasteiger partial charge < -0.3 is 20.1 Å². The third-order valence-corrected chi connectivity index (χ3v) is 6.58. The number of aromatic nitrogens is 3. The number of benzene rings is 1. The molecule has 2 N–H and O–H groups in total. The van der Waals surface area contributed by atoms with E-state index in [1.165, 1.54) is 0 Å². The lowest BCUT2D eigenvalue weighted by Gasteiger charge is -2.26. The highest BCUT2D eigenvalue weighted by Gasteiger charge is 2.13. The Kier molecular flexibility index (Phi) is 7.13. The van der Waals surface area contributed by atoms with Crippen LogP contribution in [0.15, 0.2) is 54.0 Å². The first kappa shape index (κ1) is 22.5. The van der Waals surface area contributed by atoms with Crippen molar-refractivity contribution in [1.82, 2.24) is 19.9 Å². The van der Waals surface area contributed by atoms with Gasteiger partial charge in [-0.3, -0.25) is 4.90 Å². The van der Waals surface area contributed by atoms with Gasteiger partial charge in [-0.05, 0) is 42.1 Å². The van der Waals surface area contributed by atoms with Crippen molar-refractivity contribution in [2.24, 2.45) is 0 Å². The predicted octanol–water partition coefficient (Wildman–Crippen LogP) is 4.64. The van der Waals surface area contributed by atoms with Gasteiger partial charge in [-0.25, -0.2) is 15.0 Å². The SMILES string of the molecule is CNc1ccc(Nc2nc(-c3cccc(OCCCN4CCOCC4)c3)nc3ccsc23)cn1. The second-order valence-electron chi connectivity index (χ2n) is 8.02. The van der Waals surface area contributed by atoms with Gasteiger partial charge in [0.25, 0.3) is 0 Å². The molecule has 0 bridgehead atoms. The molecule has 0 aliphatic carbocycles. The van der Waals surface area contributed by atoms with Gasteiger partial charge in [-0.1, -0.05) is 12.1 Å². The fraction of sp³-hybridized carbons (Fsp3) is 0.320. The monoisotopic (exact) mass is 476 g/mol. The highest BCUT2D eigenvalue weighted by Crippen LogP contribution is 2.32. The van der Waals surface area contributed by atoms with Crippen LogP contribution in [-0.2, 0) is 4.74 Å². The van der Waals surface area contributed by atoms with Gasteiger partial charge in [0.1, 0.15) is 11.6 Å². The van der Waals surface area contributed by atoms with E-state index in [4.69, 9.17) is 19.4 Å². The number of fused-ring (bicyclic) bond motifs is 1. The summed E-state index contributed by atoms with van der Waals surface area (Å²) in [7, 11) is 1.85. The number of hydrogen-bond acceptors (Lipinski definition) is 9. The molecule has 1 fully saturated rings. The average Bonchev–Trinajstić information content (AvgIpc) is 3.37. The molecule has 1 saturated heterocycles. The van der Waals surface area contributed by atoms with E-state index in [2.05, 4.69) is 20.5 Å². The van der Waals surface area contributed by atoms with Crippen LogP contribution in [0.5, 0.6) is 5.75 Å². The summed E-state index contributed by atoms with van der Waals surface area (Å²) in [5, 5.41) is 8.47. The Labute approximate surface area is 203 Å². The van der Waals surface area contributed by atoms with Gasteiger partial charge in [-0.15, -0.1) is 11.3 Å². The van der Waals surface area contributed by atoms with E-state index in [-0.39, 0.29) is 0 Å². The molecule has 4 heterocycles. The Hall–Kier alpha value is -3.27. The van der Waals surface area contributed by atoms with E-state index in [1.54, 1.807) is 17.5 Å². The van der Waals surface area contributed by atoms with E-state index in [1.807, 2.05) is 54.9 Å². The quantitative estimate of drug-likeness (QED) is 0.338. The highest BCUT2D eigenvalue weighted by molar-refractivity contribution is 7.17. The Balaban J connectivity index is 1.30. The summed E-state index contributed by atoms with van der Waals surface area (Å²) in [5.74, 6) is 3.07. The van der Waals surface area contributed by atoms with E-state index in [0.717, 1.165) is 78.1 Å². The number of pyridine rings is 1. The molecule has 0 amide bonds. The van der Waals surface area contributed by atoms with Gasteiger partial charge in [0.2, 0.25) is 0 Å². The molecule has 8 nitrogen and oxygen atoms in total. The topological polar surface area (TPSA) is 84.4 Å². The normalized spacial score (nSPS) is 14.3. The summed E-state index contributed by atoms with van der Waals surface area (Å²) in [6.45, 7) is 5.36. The number of nitrogens with zero attached hydrogens (tertiary/aromatic N) is 4. The Morgan fingerprint density at radius 1 is 1.12 bits per heavy atom. The molecular weight excluding hydrogens is 448 g/mol. The number of anilines is 3. The van der Waals surface area contributed by atoms with Gasteiger partial charge >= 0.3 is 0 Å². The number of morpholine rings is 1. The maximum atomic E-state index is 6.04. The molecule has 5 rings (SSSR count). The minimum atomic E-state index is 0.659. The number of ether oxygens (including phenoxy) is 2. The molecule has 176 valence electrons. The lowest BCUT2D eigenvalue weighted by molar-refractivity contribution is 0.0358. The fourth-order valence-electron chi connectivity index (χ4n) is 3.86. The van der Waals surface area contributed by atoms with Crippen LogP contribution in [-0.4, -0.2) is 66.4 Å². The van der Waals surface area contributed by atoms with Gasteiger partial charge in [0.05, 0.1) is 41.9 Å². The van der Waals surface area contributed by atoms with Crippen LogP contribution < -0.4 is 15.4 Å². The predicted molar refractivity (Wildman–Crippen MR) is 137 cm³/mol. The zero-order chi connectivity index (χ0) is 23.2. The molecular formula is C25H28N6O2S. The van der Waals surface area contributed by atoms with Crippen molar-refractivity contribution in [3.05, 3.63) is 54.0 Å². The largest absolute Gasteiger partial charge is 0.494 e. The molecule has 9 heteroatoms. The number of hydrogen-bond donors (Lipinski definition) is 2. The number of rotatable bonds is 9. The smallest absolute Gasteiger partial charge is 0.162 e. The summed E-state index contributed by atoms with van der Waals surface area (Å²) < 4.78 is 12.5. The van der Waals surface area contributed by atoms with E-state index >= 15 is 0 Å². The first-order valence-corrected chi connectivity index (χ1v) is 12.4. The van der Waals surface area contributed by atoms with Crippen molar-refractivity contribution in [2.45, 2.75) is 6.42 Å². The van der Waals surface area contributed by atoms with Crippen LogP contribution in [0.4, 0.5) is 17.3 Å². The van der Waals surface area contributed by atoms with Crippen molar-refractivity contribution in [3.8, 4) is 17.1 Å². The first-order chi connectivity index (χ1) is 16.8. The molecule has 1 aliphatic heterocycles. The van der Waals surface area contributed by atoms with Gasteiger partial charge in [0, 0.05) is 32.2 Å². The van der Waals surface area contributed by atoms with E-state index < -0.39 is 0 Å². The summed E-state index contributed by atoms with van der Waals surface area (Å²) in [6, 6.07) is 13.9. The van der Waals surface area contributed by atoms with E-state index in [9.17, 15) is 0 Å². The van der Waals surface area contributed by atoms with Crippen molar-refractivity contribution in [1.29, 1.82) is 0 Å². The molecule has 0 atom stereocenters. The number of thiophene rings is 1. The lowest BCUT2D eigenvalue weighted by atomic mass is 10.2. The Morgan fingerprint density at radius 3 is 2.85 bits per heavy atom. The standard InChI is InChI=1S/C25H28N6O2S/c1-26-22-7-6-19(17-27-22)28-25-23-21(8-15-34-23)29-24(30-25)18-4-2-5-20(16-18)33-12-3-9-31-10-13-32-14-11-31/h2,4-8,15-17H,3,9-14H2,1H3,(H,26,27)(H,28,29,30). The van der Waals surface area contributed by atoms with Crippen LogP contribution in [0.2, 0.25) is 0 Å². The molecule has 1 aromatic carbocycles.